The minimum Gasteiger partial charge on any atom is -0.0593 e. The topological polar surface area (TPSA) is 0 Å². The highest BCUT2D eigenvalue weighted by Crippen LogP contribution is 2.62. The molecule has 4 bridgehead atoms. The first-order valence-corrected chi connectivity index (χ1v) is 5.50. The van der Waals surface area contributed by atoms with Crippen molar-refractivity contribution in [3.8, 4) is 0 Å². The Morgan fingerprint density at radius 2 is 1.67 bits per heavy atom. The van der Waals surface area contributed by atoms with Crippen LogP contribution in [0, 0.1) is 29.1 Å². The zero-order chi connectivity index (χ0) is 8.34. The molecule has 4 aliphatic carbocycles. The summed E-state index contributed by atoms with van der Waals surface area (Å²) in [5, 5.41) is 0. The predicted octanol–water partition coefficient (Wildman–Crippen LogP) is 3.43. The fraction of sp³-hybridized carbons (Fsp3) is 0.917. The predicted molar refractivity (Wildman–Crippen MR) is 50.6 cm³/mol. The van der Waals surface area contributed by atoms with Gasteiger partial charge in [0.05, 0.1) is 12.8 Å². The van der Waals surface area contributed by atoms with Crippen molar-refractivity contribution in [3.05, 3.63) is 5.92 Å². The molecule has 0 aromatic heterocycles. The van der Waals surface area contributed by atoms with E-state index in [9.17, 15) is 0 Å². The van der Waals surface area contributed by atoms with Gasteiger partial charge in [0, 0.05) is 0 Å². The Morgan fingerprint density at radius 3 is 2.17 bits per heavy atom. The summed E-state index contributed by atoms with van der Waals surface area (Å²) < 4.78 is 0. The first-order valence-electron chi connectivity index (χ1n) is 5.50. The molecule has 0 heteroatoms. The van der Waals surface area contributed by atoms with Gasteiger partial charge in [0.15, 0.2) is 0 Å². The van der Waals surface area contributed by atoms with Gasteiger partial charge in [0.1, 0.15) is 11.8 Å². The maximum atomic E-state index is 2.53. The molecule has 0 aliphatic heterocycles. The van der Waals surface area contributed by atoms with Crippen LogP contribution in [-0.2, 0) is 0 Å². The van der Waals surface area contributed by atoms with E-state index in [4.69, 9.17) is 0 Å². The molecule has 0 amide bonds. The van der Waals surface area contributed by atoms with Crippen LogP contribution in [0.2, 0.25) is 0 Å². The molecule has 0 aromatic rings. The molecule has 4 saturated carbocycles. The highest BCUT2D eigenvalue weighted by Gasteiger charge is 2.57. The second-order valence-corrected chi connectivity index (χ2v) is 5.90. The molecular weight excluding hydrogens is 144 g/mol. The quantitative estimate of drug-likeness (QED) is 0.480. The van der Waals surface area contributed by atoms with Crippen LogP contribution in [0.15, 0.2) is 0 Å². The summed E-state index contributed by atoms with van der Waals surface area (Å²) in [6.07, 6.45) is 7.67. The van der Waals surface area contributed by atoms with Gasteiger partial charge in [0.25, 0.3) is 0 Å². The number of rotatable bonds is 0. The van der Waals surface area contributed by atoms with E-state index in [1.807, 2.05) is 5.92 Å². The molecule has 0 saturated heterocycles. The average molecular weight is 163 g/mol. The monoisotopic (exact) mass is 163 g/mol. The summed E-state index contributed by atoms with van der Waals surface area (Å²) in [6, 6.07) is 0. The molecule has 0 heterocycles. The molecule has 0 aromatic carbocycles. The molecule has 66 valence electrons. The molecule has 4 atom stereocenters. The van der Waals surface area contributed by atoms with E-state index in [-0.39, 0.29) is 0 Å². The van der Waals surface area contributed by atoms with Crippen LogP contribution in [-0.4, -0.2) is 0 Å². The standard InChI is InChI=1S/C12H19/c1-8-10-3-9-4-11(8)7-12(2,5-9)6-10/h9-11H,3-7H2,1-2H3/q+1/t9?,10-,11+,12?. The fourth-order valence-electron chi connectivity index (χ4n) is 4.40. The lowest BCUT2D eigenvalue weighted by Gasteiger charge is -2.52. The van der Waals surface area contributed by atoms with E-state index < -0.39 is 0 Å². The lowest BCUT2D eigenvalue weighted by atomic mass is 9.47. The van der Waals surface area contributed by atoms with Crippen LogP contribution in [0.1, 0.15) is 46.0 Å². The van der Waals surface area contributed by atoms with Crippen molar-refractivity contribution in [2.45, 2.75) is 46.0 Å². The van der Waals surface area contributed by atoms with Crippen LogP contribution in [0.4, 0.5) is 0 Å². The molecule has 0 radical (unpaired) electrons. The van der Waals surface area contributed by atoms with Crippen LogP contribution in [0.3, 0.4) is 0 Å². The summed E-state index contributed by atoms with van der Waals surface area (Å²) in [4.78, 5) is 0. The Bertz CT molecular complexity index is 190. The third-order valence-electron chi connectivity index (χ3n) is 4.78. The number of hydrogen-bond donors (Lipinski definition) is 0. The fourth-order valence-corrected chi connectivity index (χ4v) is 4.40. The maximum absolute atomic E-state index is 2.53. The van der Waals surface area contributed by atoms with Gasteiger partial charge in [-0.05, 0) is 43.4 Å². The van der Waals surface area contributed by atoms with Gasteiger partial charge in [-0.1, -0.05) is 6.92 Å². The summed E-state index contributed by atoms with van der Waals surface area (Å²) in [7, 11) is 0. The van der Waals surface area contributed by atoms with Crippen LogP contribution < -0.4 is 0 Å². The highest BCUT2D eigenvalue weighted by atomic mass is 14.6. The van der Waals surface area contributed by atoms with Gasteiger partial charge in [0.2, 0.25) is 0 Å². The smallest absolute Gasteiger partial charge is 0.0593 e. The van der Waals surface area contributed by atoms with Crippen molar-refractivity contribution >= 4 is 0 Å². The third-order valence-corrected chi connectivity index (χ3v) is 4.78. The zero-order valence-electron chi connectivity index (χ0n) is 8.27. The normalized spacial score (nSPS) is 56.5. The van der Waals surface area contributed by atoms with Gasteiger partial charge >= 0.3 is 0 Å². The van der Waals surface area contributed by atoms with Gasteiger partial charge in [-0.3, -0.25) is 0 Å². The lowest BCUT2D eigenvalue weighted by molar-refractivity contribution is -0.0214. The Balaban J connectivity index is 1.95. The van der Waals surface area contributed by atoms with Gasteiger partial charge in [-0.15, -0.1) is 0 Å². The van der Waals surface area contributed by atoms with Crippen LogP contribution in [0.25, 0.3) is 0 Å². The van der Waals surface area contributed by atoms with E-state index in [2.05, 4.69) is 13.8 Å². The third kappa shape index (κ3) is 0.815. The van der Waals surface area contributed by atoms with E-state index in [1.54, 1.807) is 6.42 Å². The highest BCUT2D eigenvalue weighted by molar-refractivity contribution is 5.14. The zero-order valence-corrected chi connectivity index (χ0v) is 8.27. The second kappa shape index (κ2) is 2.02. The Kier molecular flexibility index (Phi) is 1.23. The minimum atomic E-state index is 0.760. The Labute approximate surface area is 75.7 Å². The van der Waals surface area contributed by atoms with E-state index in [1.165, 1.54) is 25.7 Å². The van der Waals surface area contributed by atoms with Gasteiger partial charge in [-0.25, -0.2) is 0 Å². The maximum Gasteiger partial charge on any atom is 0.101 e. The SMILES string of the molecule is C[C+]1[C@@H]2CC3C[C@H]1CC(C)(C3)C2. The molecular formula is C12H19+. The van der Waals surface area contributed by atoms with E-state index in [0.717, 1.165) is 23.2 Å². The number of hydrogen-bond acceptors (Lipinski definition) is 0. The molecule has 12 heavy (non-hydrogen) atoms. The minimum absolute atomic E-state index is 0.760. The van der Waals surface area contributed by atoms with Crippen LogP contribution in [0.5, 0.6) is 0 Å². The lowest BCUT2D eigenvalue weighted by Crippen LogP contribution is -2.47. The summed E-state index contributed by atoms with van der Waals surface area (Å²) in [5.41, 5.74) is 0.760. The van der Waals surface area contributed by atoms with Gasteiger partial charge < -0.3 is 0 Å². The van der Waals surface area contributed by atoms with Crippen molar-refractivity contribution in [1.29, 1.82) is 0 Å². The van der Waals surface area contributed by atoms with Crippen molar-refractivity contribution in [1.82, 2.24) is 0 Å². The molecule has 4 rings (SSSR count). The molecule has 4 aliphatic rings. The summed E-state index contributed by atoms with van der Waals surface area (Å²) in [5.74, 6) is 5.03. The Hall–Kier alpha value is -0.130. The average Bonchev–Trinajstić information content (AvgIpc) is 1.96. The van der Waals surface area contributed by atoms with Crippen molar-refractivity contribution in [2.75, 3.05) is 0 Å². The molecule has 0 spiro atoms. The van der Waals surface area contributed by atoms with Crippen LogP contribution >= 0.6 is 0 Å². The largest absolute Gasteiger partial charge is 0.101 e. The van der Waals surface area contributed by atoms with Crippen molar-refractivity contribution in [2.24, 2.45) is 23.2 Å². The molecule has 0 nitrogen and oxygen atoms in total. The Morgan fingerprint density at radius 1 is 1.08 bits per heavy atom. The van der Waals surface area contributed by atoms with Crippen molar-refractivity contribution < 1.29 is 0 Å². The molecule has 2 unspecified atom stereocenters. The second-order valence-electron chi connectivity index (χ2n) is 5.90. The van der Waals surface area contributed by atoms with Gasteiger partial charge in [-0.2, -0.15) is 0 Å². The molecule has 0 N–H and O–H groups in total. The van der Waals surface area contributed by atoms with E-state index in [0.29, 0.717) is 0 Å². The summed E-state index contributed by atoms with van der Waals surface area (Å²) >= 11 is 0. The summed E-state index contributed by atoms with van der Waals surface area (Å²) in [6.45, 7) is 4.96. The first kappa shape index (κ1) is 7.29. The van der Waals surface area contributed by atoms with E-state index >= 15 is 0 Å². The van der Waals surface area contributed by atoms with Crippen molar-refractivity contribution in [3.63, 3.8) is 0 Å². The first-order chi connectivity index (χ1) is 5.66. The molecule has 4 fully saturated rings.